The topological polar surface area (TPSA) is 60.4 Å². The van der Waals surface area contributed by atoms with Gasteiger partial charge in [-0.2, -0.15) is 0 Å². The van der Waals surface area contributed by atoms with Gasteiger partial charge in [0.2, 0.25) is 5.91 Å². The summed E-state index contributed by atoms with van der Waals surface area (Å²) >= 11 is 0. The van der Waals surface area contributed by atoms with Crippen LogP contribution in [0.3, 0.4) is 0 Å². The summed E-state index contributed by atoms with van der Waals surface area (Å²) in [5, 5.41) is 3.50. The van der Waals surface area contributed by atoms with Crippen molar-refractivity contribution in [1.29, 1.82) is 0 Å². The van der Waals surface area contributed by atoms with Crippen LogP contribution in [0.15, 0.2) is 29.3 Å². The first-order valence-corrected chi connectivity index (χ1v) is 11.7. The van der Waals surface area contributed by atoms with Crippen molar-refractivity contribution in [2.45, 2.75) is 52.2 Å². The summed E-state index contributed by atoms with van der Waals surface area (Å²) in [6.07, 6.45) is 3.41. The number of ether oxygens (including phenoxy) is 1. The van der Waals surface area contributed by atoms with Gasteiger partial charge in [-0.05, 0) is 57.7 Å². The fourth-order valence-electron chi connectivity index (χ4n) is 4.34. The molecule has 0 radical (unpaired) electrons. The zero-order valence-electron chi connectivity index (χ0n) is 19.6. The molecule has 0 aromatic heterocycles. The van der Waals surface area contributed by atoms with E-state index in [9.17, 15) is 4.79 Å². The average molecular weight is 430 g/mol. The van der Waals surface area contributed by atoms with Crippen LogP contribution in [0.25, 0.3) is 0 Å². The molecular weight excluding hydrogens is 390 g/mol. The fraction of sp³-hybridized carbons (Fsp3) is 0.667. The maximum Gasteiger partial charge on any atom is 0.239 e. The fourth-order valence-corrected chi connectivity index (χ4v) is 4.34. The second kappa shape index (κ2) is 11.4. The lowest BCUT2D eigenvalue weighted by Crippen LogP contribution is -2.57. The highest BCUT2D eigenvalue weighted by Crippen LogP contribution is 2.15. The first-order chi connectivity index (χ1) is 15.0. The molecule has 2 aliphatic rings. The Bertz CT molecular complexity index is 720. The third-order valence-electron chi connectivity index (χ3n) is 6.14. The summed E-state index contributed by atoms with van der Waals surface area (Å²) in [5.74, 6) is 2.15. The van der Waals surface area contributed by atoms with Gasteiger partial charge in [-0.15, -0.1) is 0 Å². The third-order valence-corrected chi connectivity index (χ3v) is 6.14. The van der Waals surface area contributed by atoms with Crippen molar-refractivity contribution in [3.63, 3.8) is 0 Å². The molecule has 1 aromatic rings. The molecule has 2 aliphatic heterocycles. The quantitative estimate of drug-likeness (QED) is 0.532. The van der Waals surface area contributed by atoms with E-state index in [0.717, 1.165) is 76.8 Å². The van der Waals surface area contributed by atoms with Crippen LogP contribution in [0.4, 0.5) is 0 Å². The second-order valence-corrected chi connectivity index (χ2v) is 8.77. The highest BCUT2D eigenvalue weighted by Gasteiger charge is 2.30. The largest absolute Gasteiger partial charge is 0.491 e. The van der Waals surface area contributed by atoms with Gasteiger partial charge in [0, 0.05) is 52.9 Å². The van der Waals surface area contributed by atoms with Crippen LogP contribution in [0.2, 0.25) is 0 Å². The summed E-state index contributed by atoms with van der Waals surface area (Å²) in [4.78, 5) is 23.8. The third kappa shape index (κ3) is 6.60. The first kappa shape index (κ1) is 23.4. The van der Waals surface area contributed by atoms with Crippen molar-refractivity contribution in [2.24, 2.45) is 4.99 Å². The van der Waals surface area contributed by atoms with Crippen LogP contribution >= 0.6 is 0 Å². The van der Waals surface area contributed by atoms with E-state index in [4.69, 9.17) is 4.74 Å². The Kier molecular flexibility index (Phi) is 8.58. The van der Waals surface area contributed by atoms with E-state index in [1.807, 2.05) is 37.9 Å². The minimum atomic E-state index is -0.0297. The molecule has 1 aromatic carbocycles. The van der Waals surface area contributed by atoms with Gasteiger partial charge in [-0.25, -0.2) is 0 Å². The van der Waals surface area contributed by atoms with Crippen molar-refractivity contribution in [1.82, 2.24) is 20.0 Å². The molecule has 2 heterocycles. The number of hydrogen-bond donors (Lipinski definition) is 1. The summed E-state index contributed by atoms with van der Waals surface area (Å²) in [6.45, 7) is 12.4. The van der Waals surface area contributed by atoms with E-state index in [2.05, 4.69) is 39.2 Å². The van der Waals surface area contributed by atoms with Gasteiger partial charge in [0.15, 0.2) is 5.96 Å². The maximum absolute atomic E-state index is 12.7. The van der Waals surface area contributed by atoms with Crippen LogP contribution in [0.5, 0.6) is 5.75 Å². The van der Waals surface area contributed by atoms with Crippen LogP contribution in [-0.4, -0.2) is 91.6 Å². The van der Waals surface area contributed by atoms with Crippen LogP contribution in [0, 0.1) is 0 Å². The number of benzene rings is 1. The molecule has 172 valence electrons. The number of aliphatic imine (C=N–C) groups is 1. The van der Waals surface area contributed by atoms with E-state index in [0.29, 0.717) is 5.91 Å². The number of nitrogens with zero attached hydrogens (tertiary/aromatic N) is 4. The zero-order valence-corrected chi connectivity index (χ0v) is 19.6. The van der Waals surface area contributed by atoms with Gasteiger partial charge in [0.25, 0.3) is 0 Å². The standard InChI is InChI=1S/C24H39N5O2/c1-19(2)31-22-9-7-21(8-10-22)11-12-26-24(25-4)29-17-15-27(16-18-29)20(3)23(30)28-13-5-6-14-28/h7-10,19-20H,5-6,11-18H2,1-4H3,(H,25,26). The second-order valence-electron chi connectivity index (χ2n) is 8.77. The number of nitrogens with one attached hydrogen (secondary N) is 1. The maximum atomic E-state index is 12.7. The number of guanidine groups is 1. The Morgan fingerprint density at radius 2 is 1.65 bits per heavy atom. The van der Waals surface area contributed by atoms with E-state index < -0.39 is 0 Å². The molecule has 7 heteroatoms. The smallest absolute Gasteiger partial charge is 0.239 e. The molecule has 0 bridgehead atoms. The van der Waals surface area contributed by atoms with E-state index in [-0.39, 0.29) is 12.1 Å². The lowest BCUT2D eigenvalue weighted by Gasteiger charge is -2.39. The van der Waals surface area contributed by atoms with Gasteiger partial charge < -0.3 is 19.9 Å². The molecule has 0 saturated carbocycles. The molecule has 0 aliphatic carbocycles. The number of hydrogen-bond acceptors (Lipinski definition) is 4. The van der Waals surface area contributed by atoms with Crippen molar-refractivity contribution in [3.8, 4) is 5.75 Å². The molecule has 1 atom stereocenters. The molecule has 31 heavy (non-hydrogen) atoms. The first-order valence-electron chi connectivity index (χ1n) is 11.7. The number of carbonyl (C=O) groups excluding carboxylic acids is 1. The number of carbonyl (C=O) groups is 1. The van der Waals surface area contributed by atoms with Crippen molar-refractivity contribution >= 4 is 11.9 Å². The predicted octanol–water partition coefficient (Wildman–Crippen LogP) is 2.22. The Morgan fingerprint density at radius 1 is 1.00 bits per heavy atom. The minimum absolute atomic E-state index is 0.0297. The Balaban J connectivity index is 1.41. The van der Waals surface area contributed by atoms with Crippen molar-refractivity contribution in [2.75, 3.05) is 52.9 Å². The summed E-state index contributed by atoms with van der Waals surface area (Å²) in [6, 6.07) is 8.29. The number of rotatable bonds is 7. The number of likely N-dealkylation sites (tertiary alicyclic amines) is 1. The molecule has 1 unspecified atom stereocenters. The Labute approximate surface area is 187 Å². The van der Waals surface area contributed by atoms with Crippen LogP contribution < -0.4 is 10.1 Å². The molecule has 2 saturated heterocycles. The van der Waals surface area contributed by atoms with Gasteiger partial charge >= 0.3 is 0 Å². The summed E-state index contributed by atoms with van der Waals surface area (Å²) < 4.78 is 5.71. The van der Waals surface area contributed by atoms with E-state index in [1.54, 1.807) is 0 Å². The molecule has 2 fully saturated rings. The molecule has 1 N–H and O–H groups in total. The molecule has 7 nitrogen and oxygen atoms in total. The van der Waals surface area contributed by atoms with Crippen molar-refractivity contribution in [3.05, 3.63) is 29.8 Å². The Hall–Kier alpha value is -2.28. The van der Waals surface area contributed by atoms with E-state index in [1.165, 1.54) is 5.56 Å². The van der Waals surface area contributed by atoms with Crippen LogP contribution in [0.1, 0.15) is 39.2 Å². The average Bonchev–Trinajstić information content (AvgIpc) is 3.32. The SMILES string of the molecule is CN=C(NCCc1ccc(OC(C)C)cc1)N1CCN(C(C)C(=O)N2CCCC2)CC1. The highest BCUT2D eigenvalue weighted by molar-refractivity contribution is 5.82. The normalized spacial score (nSPS) is 19.1. The van der Waals surface area contributed by atoms with Gasteiger partial charge in [0.05, 0.1) is 12.1 Å². The van der Waals surface area contributed by atoms with Gasteiger partial charge in [-0.1, -0.05) is 12.1 Å². The van der Waals surface area contributed by atoms with Crippen LogP contribution in [-0.2, 0) is 11.2 Å². The molecule has 1 amide bonds. The number of piperazine rings is 1. The molecule has 3 rings (SSSR count). The van der Waals surface area contributed by atoms with Gasteiger partial charge in [-0.3, -0.25) is 14.7 Å². The molecular formula is C24H39N5O2. The molecule has 0 spiro atoms. The number of amides is 1. The summed E-state index contributed by atoms with van der Waals surface area (Å²) in [5.41, 5.74) is 1.28. The Morgan fingerprint density at radius 3 is 2.23 bits per heavy atom. The summed E-state index contributed by atoms with van der Waals surface area (Å²) in [7, 11) is 1.84. The highest BCUT2D eigenvalue weighted by atomic mass is 16.5. The monoisotopic (exact) mass is 429 g/mol. The van der Waals surface area contributed by atoms with Crippen molar-refractivity contribution < 1.29 is 9.53 Å². The minimum Gasteiger partial charge on any atom is -0.491 e. The lowest BCUT2D eigenvalue weighted by molar-refractivity contribution is -0.135. The van der Waals surface area contributed by atoms with E-state index >= 15 is 0 Å². The predicted molar refractivity (Wildman–Crippen MR) is 126 cm³/mol. The zero-order chi connectivity index (χ0) is 22.2. The lowest BCUT2D eigenvalue weighted by atomic mass is 10.1. The van der Waals surface area contributed by atoms with Gasteiger partial charge in [0.1, 0.15) is 5.75 Å².